The molecule has 4 heterocycles. The van der Waals surface area contributed by atoms with E-state index in [0.717, 1.165) is 38.9 Å². The van der Waals surface area contributed by atoms with Crippen LogP contribution in [0.4, 0.5) is 0 Å². The second-order valence-electron chi connectivity index (χ2n) is 7.46. The maximum Gasteiger partial charge on any atom is 0.275 e. The van der Waals surface area contributed by atoms with Gasteiger partial charge in [0.25, 0.3) is 5.91 Å². The number of rotatable bonds is 2. The molecule has 29 heavy (non-hydrogen) atoms. The summed E-state index contributed by atoms with van der Waals surface area (Å²) in [5.41, 5.74) is 6.32. The number of fused-ring (bicyclic) bond motifs is 2. The van der Waals surface area contributed by atoms with E-state index < -0.39 is 0 Å². The average molecular weight is 388 g/mol. The number of hydrogen-bond acceptors (Lipinski definition) is 6. The Morgan fingerprint density at radius 3 is 2.90 bits per heavy atom. The summed E-state index contributed by atoms with van der Waals surface area (Å²) in [5.74, 6) is 0.994. The number of hydrogen-bond donors (Lipinski definition) is 1. The standard InChI is InChI=1S/C21H20N6O2/c1-11-4-5-17-16(8-11)19(25-24-17)21(28)27-7-6-15-14(10-27)9-22-12(2)18(15)20-23-13(3)29-26-20/h4-5,8-9H,6-7,10H2,1-3H3,(H,24,25). The van der Waals surface area contributed by atoms with E-state index in [4.69, 9.17) is 4.52 Å². The van der Waals surface area contributed by atoms with Gasteiger partial charge in [0.15, 0.2) is 5.69 Å². The minimum atomic E-state index is -0.0787. The fourth-order valence-electron chi connectivity index (χ4n) is 3.96. The molecule has 1 N–H and O–H groups in total. The quantitative estimate of drug-likeness (QED) is 0.566. The fourth-order valence-corrected chi connectivity index (χ4v) is 3.96. The van der Waals surface area contributed by atoms with Crippen molar-refractivity contribution in [3.05, 3.63) is 58.4 Å². The predicted molar refractivity (Wildman–Crippen MR) is 106 cm³/mol. The van der Waals surface area contributed by atoms with E-state index in [1.54, 1.807) is 6.92 Å². The van der Waals surface area contributed by atoms with Gasteiger partial charge in [0.2, 0.25) is 11.7 Å². The van der Waals surface area contributed by atoms with Crippen molar-refractivity contribution < 1.29 is 9.32 Å². The van der Waals surface area contributed by atoms with Crippen LogP contribution in [0.5, 0.6) is 0 Å². The second kappa shape index (κ2) is 6.51. The largest absolute Gasteiger partial charge is 0.339 e. The Labute approximate surface area is 166 Å². The Hall–Kier alpha value is -3.55. The van der Waals surface area contributed by atoms with Gasteiger partial charge in [0.05, 0.1) is 5.52 Å². The van der Waals surface area contributed by atoms with E-state index in [2.05, 4.69) is 25.3 Å². The molecule has 0 radical (unpaired) electrons. The van der Waals surface area contributed by atoms with Crippen LogP contribution in [-0.2, 0) is 13.0 Å². The SMILES string of the molecule is Cc1ccc2[nH]nc(C(=O)N3CCc4c(cnc(C)c4-c4noc(C)n4)C3)c2c1. The lowest BCUT2D eigenvalue weighted by molar-refractivity contribution is 0.0730. The zero-order valence-corrected chi connectivity index (χ0v) is 16.5. The van der Waals surface area contributed by atoms with Crippen molar-refractivity contribution in [3.8, 4) is 11.4 Å². The molecule has 1 aromatic carbocycles. The van der Waals surface area contributed by atoms with E-state index in [1.165, 1.54) is 0 Å². The molecule has 0 fully saturated rings. The number of carbonyl (C=O) groups is 1. The van der Waals surface area contributed by atoms with Crippen molar-refractivity contribution in [2.75, 3.05) is 6.54 Å². The molecule has 4 aromatic rings. The van der Waals surface area contributed by atoms with Gasteiger partial charge in [0, 0.05) is 42.9 Å². The van der Waals surface area contributed by atoms with Crippen LogP contribution < -0.4 is 0 Å². The van der Waals surface area contributed by atoms with Crippen LogP contribution in [0.15, 0.2) is 28.9 Å². The lowest BCUT2D eigenvalue weighted by Gasteiger charge is -2.29. The zero-order valence-electron chi connectivity index (χ0n) is 16.5. The smallest absolute Gasteiger partial charge is 0.275 e. The highest BCUT2D eigenvalue weighted by Crippen LogP contribution is 2.31. The van der Waals surface area contributed by atoms with Gasteiger partial charge in [-0.05, 0) is 43.5 Å². The molecule has 0 bridgehead atoms. The number of carbonyl (C=O) groups excluding carboxylic acids is 1. The van der Waals surface area contributed by atoms with Gasteiger partial charge in [-0.3, -0.25) is 14.9 Å². The number of pyridine rings is 1. The third-order valence-corrected chi connectivity index (χ3v) is 5.42. The first kappa shape index (κ1) is 17.5. The summed E-state index contributed by atoms with van der Waals surface area (Å²) in [4.78, 5) is 23.9. The van der Waals surface area contributed by atoms with Crippen LogP contribution in [0.3, 0.4) is 0 Å². The third-order valence-electron chi connectivity index (χ3n) is 5.42. The lowest BCUT2D eigenvalue weighted by Crippen LogP contribution is -2.36. The van der Waals surface area contributed by atoms with Gasteiger partial charge in [-0.15, -0.1) is 0 Å². The van der Waals surface area contributed by atoms with Crippen LogP contribution in [0.2, 0.25) is 0 Å². The Balaban J connectivity index is 1.50. The highest BCUT2D eigenvalue weighted by molar-refractivity contribution is 6.04. The van der Waals surface area contributed by atoms with Crippen LogP contribution >= 0.6 is 0 Å². The van der Waals surface area contributed by atoms with Crippen LogP contribution in [-0.4, -0.2) is 42.7 Å². The maximum absolute atomic E-state index is 13.2. The molecule has 0 atom stereocenters. The first-order chi connectivity index (χ1) is 14.0. The molecule has 0 spiro atoms. The number of amides is 1. The van der Waals surface area contributed by atoms with E-state index in [-0.39, 0.29) is 5.91 Å². The van der Waals surface area contributed by atoms with Gasteiger partial charge in [0.1, 0.15) is 0 Å². The summed E-state index contributed by atoms with van der Waals surface area (Å²) in [6, 6.07) is 5.94. The Kier molecular flexibility index (Phi) is 3.94. The highest BCUT2D eigenvalue weighted by Gasteiger charge is 2.28. The van der Waals surface area contributed by atoms with Crippen molar-refractivity contribution in [1.29, 1.82) is 0 Å². The number of aromatic amines is 1. The molecular formula is C21H20N6O2. The minimum Gasteiger partial charge on any atom is -0.339 e. The summed E-state index contributed by atoms with van der Waals surface area (Å²) in [7, 11) is 0. The summed E-state index contributed by atoms with van der Waals surface area (Å²) < 4.78 is 5.16. The summed E-state index contributed by atoms with van der Waals surface area (Å²) in [6.07, 6.45) is 2.54. The molecule has 146 valence electrons. The van der Waals surface area contributed by atoms with Crippen LogP contribution in [0.25, 0.3) is 22.3 Å². The Bertz CT molecular complexity index is 1260. The molecule has 0 aliphatic carbocycles. The molecule has 0 unspecified atom stereocenters. The average Bonchev–Trinajstić information content (AvgIpc) is 3.32. The molecule has 0 saturated carbocycles. The molecule has 1 aliphatic rings. The van der Waals surface area contributed by atoms with Crippen molar-refractivity contribution in [2.24, 2.45) is 0 Å². The summed E-state index contributed by atoms with van der Waals surface area (Å²) >= 11 is 0. The zero-order chi connectivity index (χ0) is 20.1. The summed E-state index contributed by atoms with van der Waals surface area (Å²) in [6.45, 7) is 6.79. The normalized spacial score (nSPS) is 13.7. The van der Waals surface area contributed by atoms with Crippen molar-refractivity contribution in [2.45, 2.75) is 33.7 Å². The monoisotopic (exact) mass is 388 g/mol. The van der Waals surface area contributed by atoms with Gasteiger partial charge in [-0.1, -0.05) is 16.8 Å². The highest BCUT2D eigenvalue weighted by atomic mass is 16.5. The minimum absolute atomic E-state index is 0.0787. The van der Waals surface area contributed by atoms with Gasteiger partial charge in [-0.25, -0.2) is 0 Å². The second-order valence-corrected chi connectivity index (χ2v) is 7.46. The summed E-state index contributed by atoms with van der Waals surface area (Å²) in [5, 5.41) is 12.2. The van der Waals surface area contributed by atoms with E-state index in [0.29, 0.717) is 36.9 Å². The molecule has 1 aliphatic heterocycles. The topological polar surface area (TPSA) is 101 Å². The molecule has 8 heteroatoms. The van der Waals surface area contributed by atoms with Crippen molar-refractivity contribution >= 4 is 16.8 Å². The molecular weight excluding hydrogens is 368 g/mol. The molecule has 1 amide bonds. The Morgan fingerprint density at radius 1 is 1.24 bits per heavy atom. The molecule has 8 nitrogen and oxygen atoms in total. The van der Waals surface area contributed by atoms with E-state index >= 15 is 0 Å². The molecule has 5 rings (SSSR count). The number of H-pyrrole nitrogens is 1. The number of aromatic nitrogens is 5. The predicted octanol–water partition coefficient (Wildman–Crippen LogP) is 3.13. The van der Waals surface area contributed by atoms with Crippen molar-refractivity contribution in [1.82, 2.24) is 30.2 Å². The fraction of sp³-hybridized carbons (Fsp3) is 0.286. The first-order valence-electron chi connectivity index (χ1n) is 9.53. The van der Waals surface area contributed by atoms with E-state index in [1.807, 2.05) is 43.1 Å². The third kappa shape index (κ3) is 2.88. The van der Waals surface area contributed by atoms with Gasteiger partial charge >= 0.3 is 0 Å². The van der Waals surface area contributed by atoms with Gasteiger partial charge in [-0.2, -0.15) is 10.1 Å². The first-order valence-corrected chi connectivity index (χ1v) is 9.53. The number of benzene rings is 1. The molecule has 0 saturated heterocycles. The van der Waals surface area contributed by atoms with Crippen LogP contribution in [0, 0.1) is 20.8 Å². The Morgan fingerprint density at radius 2 is 2.10 bits per heavy atom. The van der Waals surface area contributed by atoms with Crippen LogP contribution in [0.1, 0.15) is 38.8 Å². The number of aryl methyl sites for hydroxylation is 3. The van der Waals surface area contributed by atoms with Gasteiger partial charge < -0.3 is 9.42 Å². The lowest BCUT2D eigenvalue weighted by atomic mass is 9.94. The number of nitrogens with zero attached hydrogens (tertiary/aromatic N) is 5. The molecule has 3 aromatic heterocycles. The number of nitrogens with one attached hydrogen (secondary N) is 1. The van der Waals surface area contributed by atoms with E-state index in [9.17, 15) is 4.79 Å². The maximum atomic E-state index is 13.2. The van der Waals surface area contributed by atoms with Crippen molar-refractivity contribution in [3.63, 3.8) is 0 Å².